The van der Waals surface area contributed by atoms with E-state index in [1.165, 1.54) is 23.6 Å². The average Bonchev–Trinajstić information content (AvgIpc) is 2.63. The smallest absolute Gasteiger partial charge is 0.314 e. The van der Waals surface area contributed by atoms with Crippen LogP contribution in [0.1, 0.15) is 36.5 Å². The van der Waals surface area contributed by atoms with E-state index < -0.39 is 11.9 Å². The van der Waals surface area contributed by atoms with Crippen LogP contribution in [0.4, 0.5) is 0 Å². The van der Waals surface area contributed by atoms with Crippen LogP contribution >= 0.6 is 0 Å². The molecule has 1 N–H and O–H groups in total. The molecule has 1 aromatic heterocycles. The van der Waals surface area contributed by atoms with Gasteiger partial charge in [0.1, 0.15) is 11.7 Å². The van der Waals surface area contributed by atoms with Gasteiger partial charge in [-0.2, -0.15) is 0 Å². The molecule has 0 saturated carbocycles. The molecule has 1 aromatic carbocycles. The SMILES string of the molecule is CC(=O)C(CCN(C)CCCc1ccc(Cc2cccnc2)cc1)C(=O)O. The van der Waals surface area contributed by atoms with Crippen molar-refractivity contribution < 1.29 is 14.7 Å². The van der Waals surface area contributed by atoms with Crippen molar-refractivity contribution in [3.05, 3.63) is 65.5 Å². The molecule has 0 aliphatic carbocycles. The minimum absolute atomic E-state index is 0.276. The van der Waals surface area contributed by atoms with Gasteiger partial charge in [-0.25, -0.2) is 0 Å². The predicted octanol–water partition coefficient (Wildman–Crippen LogP) is 3.22. The number of benzene rings is 1. The third kappa shape index (κ3) is 7.31. The summed E-state index contributed by atoms with van der Waals surface area (Å²) in [5, 5.41) is 9.05. The lowest BCUT2D eigenvalue weighted by Crippen LogP contribution is -2.29. The highest BCUT2D eigenvalue weighted by Gasteiger charge is 2.22. The second kappa shape index (κ2) is 10.6. The summed E-state index contributed by atoms with van der Waals surface area (Å²) in [7, 11) is 1.97. The lowest BCUT2D eigenvalue weighted by atomic mass is 10.0. The second-order valence-corrected chi connectivity index (χ2v) is 7.05. The Hall–Kier alpha value is -2.53. The van der Waals surface area contributed by atoms with Crippen molar-refractivity contribution in [2.75, 3.05) is 20.1 Å². The molecule has 0 spiro atoms. The Morgan fingerprint density at radius 1 is 1.07 bits per heavy atom. The van der Waals surface area contributed by atoms with Crippen molar-refractivity contribution in [3.8, 4) is 0 Å². The average molecular weight is 368 g/mol. The maximum atomic E-state index is 11.3. The first-order chi connectivity index (χ1) is 13.0. The van der Waals surface area contributed by atoms with E-state index in [9.17, 15) is 9.59 Å². The highest BCUT2D eigenvalue weighted by molar-refractivity contribution is 5.96. The lowest BCUT2D eigenvalue weighted by molar-refractivity contribution is -0.146. The largest absolute Gasteiger partial charge is 0.481 e. The van der Waals surface area contributed by atoms with E-state index in [0.717, 1.165) is 25.8 Å². The number of pyridine rings is 1. The number of carboxylic acids is 1. The Morgan fingerprint density at radius 3 is 2.37 bits per heavy atom. The molecule has 1 atom stereocenters. The molecular formula is C22H28N2O3. The van der Waals surface area contributed by atoms with Crippen molar-refractivity contribution in [1.82, 2.24) is 9.88 Å². The number of nitrogens with zero attached hydrogens (tertiary/aromatic N) is 2. The van der Waals surface area contributed by atoms with Crippen LogP contribution in [0.3, 0.4) is 0 Å². The van der Waals surface area contributed by atoms with E-state index in [-0.39, 0.29) is 5.78 Å². The van der Waals surface area contributed by atoms with Gasteiger partial charge in [0.25, 0.3) is 0 Å². The third-order valence-electron chi connectivity index (χ3n) is 4.75. The van der Waals surface area contributed by atoms with Crippen molar-refractivity contribution in [1.29, 1.82) is 0 Å². The molecule has 0 aliphatic rings. The number of hydrogen-bond donors (Lipinski definition) is 1. The molecule has 144 valence electrons. The zero-order chi connectivity index (χ0) is 19.6. The predicted molar refractivity (Wildman–Crippen MR) is 106 cm³/mol. The molecule has 27 heavy (non-hydrogen) atoms. The van der Waals surface area contributed by atoms with Gasteiger partial charge in [0, 0.05) is 12.4 Å². The fraction of sp³-hybridized carbons (Fsp3) is 0.409. The monoisotopic (exact) mass is 368 g/mol. The van der Waals surface area contributed by atoms with Crippen LogP contribution in [0.15, 0.2) is 48.8 Å². The molecule has 2 rings (SSSR count). The van der Waals surface area contributed by atoms with E-state index in [0.29, 0.717) is 13.0 Å². The fourth-order valence-corrected chi connectivity index (χ4v) is 3.08. The molecule has 0 aliphatic heterocycles. The summed E-state index contributed by atoms with van der Waals surface area (Å²) in [6.07, 6.45) is 6.90. The molecule has 5 heteroatoms. The molecule has 0 fully saturated rings. The number of aryl methyl sites for hydroxylation is 1. The molecule has 2 aromatic rings. The summed E-state index contributed by atoms with van der Waals surface area (Å²) in [6, 6.07) is 12.7. The van der Waals surface area contributed by atoms with E-state index in [4.69, 9.17) is 5.11 Å². The van der Waals surface area contributed by atoms with E-state index in [2.05, 4.69) is 40.2 Å². The van der Waals surface area contributed by atoms with Crippen LogP contribution in [-0.2, 0) is 22.4 Å². The summed E-state index contributed by atoms with van der Waals surface area (Å²) in [5.74, 6) is -2.19. The quantitative estimate of drug-likeness (QED) is 0.617. The molecule has 1 unspecified atom stereocenters. The van der Waals surface area contributed by atoms with Crippen molar-refractivity contribution >= 4 is 11.8 Å². The number of ketones is 1. The summed E-state index contributed by atoms with van der Waals surface area (Å²) in [4.78, 5) is 28.6. The Morgan fingerprint density at radius 2 is 1.78 bits per heavy atom. The fourth-order valence-electron chi connectivity index (χ4n) is 3.08. The van der Waals surface area contributed by atoms with E-state index in [1.54, 1.807) is 6.20 Å². The van der Waals surface area contributed by atoms with Gasteiger partial charge in [-0.3, -0.25) is 14.6 Å². The van der Waals surface area contributed by atoms with Crippen LogP contribution in [0, 0.1) is 5.92 Å². The number of carbonyl (C=O) groups excluding carboxylic acids is 1. The van der Waals surface area contributed by atoms with Crippen LogP contribution < -0.4 is 0 Å². The summed E-state index contributed by atoms with van der Waals surface area (Å²) in [6.45, 7) is 2.83. The Labute approximate surface area is 161 Å². The maximum absolute atomic E-state index is 11.3. The number of carbonyl (C=O) groups is 2. The summed E-state index contributed by atoms with van der Waals surface area (Å²) < 4.78 is 0. The number of carboxylic acid groups (broad SMARTS) is 1. The maximum Gasteiger partial charge on any atom is 0.314 e. The highest BCUT2D eigenvalue weighted by Crippen LogP contribution is 2.12. The first-order valence-electron chi connectivity index (χ1n) is 9.34. The normalized spacial score (nSPS) is 12.1. The topological polar surface area (TPSA) is 70.5 Å². The first-order valence-corrected chi connectivity index (χ1v) is 9.34. The van der Waals surface area contributed by atoms with E-state index in [1.807, 2.05) is 19.3 Å². The Balaban J connectivity index is 1.72. The van der Waals surface area contributed by atoms with Gasteiger partial charge in [0.2, 0.25) is 0 Å². The zero-order valence-corrected chi connectivity index (χ0v) is 16.1. The summed E-state index contributed by atoms with van der Waals surface area (Å²) in [5.41, 5.74) is 3.77. The summed E-state index contributed by atoms with van der Waals surface area (Å²) >= 11 is 0. The van der Waals surface area contributed by atoms with Gasteiger partial charge in [-0.15, -0.1) is 0 Å². The van der Waals surface area contributed by atoms with Crippen LogP contribution in [-0.4, -0.2) is 46.9 Å². The van der Waals surface area contributed by atoms with Crippen molar-refractivity contribution in [2.24, 2.45) is 5.92 Å². The molecule has 0 amide bonds. The zero-order valence-electron chi connectivity index (χ0n) is 16.1. The van der Waals surface area contributed by atoms with Gasteiger partial charge in [-0.05, 0) is 75.5 Å². The lowest BCUT2D eigenvalue weighted by Gasteiger charge is -2.18. The molecular weight excluding hydrogens is 340 g/mol. The standard InChI is InChI=1S/C22H28N2O3/c1-17(25)21(22(26)27)11-14-24(2)13-4-6-18-7-9-19(10-8-18)15-20-5-3-12-23-16-20/h3,5,7-10,12,16,21H,4,6,11,13-15H2,1-2H3,(H,26,27). The number of aromatic nitrogens is 1. The Kier molecular flexibility index (Phi) is 8.14. The first kappa shape index (κ1) is 20.8. The number of hydrogen-bond acceptors (Lipinski definition) is 4. The molecule has 5 nitrogen and oxygen atoms in total. The highest BCUT2D eigenvalue weighted by atomic mass is 16.4. The second-order valence-electron chi connectivity index (χ2n) is 7.05. The minimum atomic E-state index is -1.03. The molecule has 0 radical (unpaired) electrons. The Bertz CT molecular complexity index is 715. The van der Waals surface area contributed by atoms with Crippen molar-refractivity contribution in [3.63, 3.8) is 0 Å². The van der Waals surface area contributed by atoms with Gasteiger partial charge < -0.3 is 10.0 Å². The number of aliphatic carboxylic acids is 1. The number of rotatable bonds is 11. The van der Waals surface area contributed by atoms with Crippen LogP contribution in [0.25, 0.3) is 0 Å². The van der Waals surface area contributed by atoms with Crippen LogP contribution in [0.5, 0.6) is 0 Å². The molecule has 0 saturated heterocycles. The minimum Gasteiger partial charge on any atom is -0.481 e. The van der Waals surface area contributed by atoms with Crippen LogP contribution in [0.2, 0.25) is 0 Å². The van der Waals surface area contributed by atoms with Gasteiger partial charge in [-0.1, -0.05) is 30.3 Å². The van der Waals surface area contributed by atoms with Gasteiger partial charge >= 0.3 is 5.97 Å². The van der Waals surface area contributed by atoms with Gasteiger partial charge in [0.05, 0.1) is 0 Å². The van der Waals surface area contributed by atoms with Crippen molar-refractivity contribution in [2.45, 2.75) is 32.6 Å². The van der Waals surface area contributed by atoms with Gasteiger partial charge in [0.15, 0.2) is 0 Å². The third-order valence-corrected chi connectivity index (χ3v) is 4.75. The molecule has 0 bridgehead atoms. The van der Waals surface area contributed by atoms with E-state index >= 15 is 0 Å². The molecule has 1 heterocycles. The number of Topliss-reactive ketones (excluding diaryl/α,β-unsaturated/α-hetero) is 1.